The van der Waals surface area contributed by atoms with Gasteiger partial charge in [-0.1, -0.05) is 35.5 Å². The average molecular weight is 291 g/mol. The quantitative estimate of drug-likeness (QED) is 0.888. The van der Waals surface area contributed by atoms with Crippen molar-refractivity contribution in [3.63, 3.8) is 0 Å². The second kappa shape index (κ2) is 6.81. The second-order valence-corrected chi connectivity index (χ2v) is 5.75. The fraction of sp³-hybridized carbons (Fsp3) is 0.467. The summed E-state index contributed by atoms with van der Waals surface area (Å²) in [4.78, 5) is 1.09. The van der Waals surface area contributed by atoms with Gasteiger partial charge in [-0.2, -0.15) is 0 Å². The van der Waals surface area contributed by atoms with Crippen LogP contribution in [-0.2, 0) is 12.8 Å². The number of rotatable bonds is 6. The van der Waals surface area contributed by atoms with E-state index in [0.29, 0.717) is 0 Å². The van der Waals surface area contributed by atoms with Crippen LogP contribution >= 0.6 is 11.5 Å². The highest BCUT2D eigenvalue weighted by atomic mass is 32.1. The normalized spacial score (nSPS) is 12.4. The van der Waals surface area contributed by atoms with E-state index in [4.69, 9.17) is 10.5 Å². The lowest BCUT2D eigenvalue weighted by atomic mass is 10.0. The minimum atomic E-state index is -0.0766. The van der Waals surface area contributed by atoms with Gasteiger partial charge in [0.05, 0.1) is 17.7 Å². The van der Waals surface area contributed by atoms with Crippen LogP contribution in [0, 0.1) is 6.92 Å². The lowest BCUT2D eigenvalue weighted by Crippen LogP contribution is -2.14. The number of methoxy groups -OCH3 is 1. The zero-order valence-corrected chi connectivity index (χ0v) is 13.0. The molecule has 1 aromatic carbocycles. The Kier molecular flexibility index (Phi) is 5.09. The molecule has 5 heteroatoms. The first kappa shape index (κ1) is 14.9. The third-order valence-electron chi connectivity index (χ3n) is 3.28. The first-order valence-electron chi connectivity index (χ1n) is 6.86. The van der Waals surface area contributed by atoms with Crippen molar-refractivity contribution < 1.29 is 4.74 Å². The summed E-state index contributed by atoms with van der Waals surface area (Å²) in [7, 11) is 1.69. The van der Waals surface area contributed by atoms with Crippen molar-refractivity contribution in [2.45, 2.75) is 39.2 Å². The number of nitrogens with zero attached hydrogens (tertiary/aromatic N) is 2. The molecule has 1 atom stereocenters. The van der Waals surface area contributed by atoms with E-state index in [0.717, 1.165) is 41.1 Å². The van der Waals surface area contributed by atoms with Crippen LogP contribution in [0.15, 0.2) is 18.2 Å². The maximum Gasteiger partial charge on any atom is 0.122 e. The smallest absolute Gasteiger partial charge is 0.122 e. The summed E-state index contributed by atoms with van der Waals surface area (Å²) in [6, 6.07) is 6.10. The fourth-order valence-corrected chi connectivity index (χ4v) is 3.00. The first-order valence-corrected chi connectivity index (χ1v) is 7.63. The van der Waals surface area contributed by atoms with Gasteiger partial charge in [-0.15, -0.1) is 5.10 Å². The van der Waals surface area contributed by atoms with Crippen molar-refractivity contribution in [1.29, 1.82) is 0 Å². The maximum absolute atomic E-state index is 6.35. The summed E-state index contributed by atoms with van der Waals surface area (Å²) in [6.45, 7) is 4.21. The third-order valence-corrected chi connectivity index (χ3v) is 4.18. The molecule has 4 nitrogen and oxygen atoms in total. The van der Waals surface area contributed by atoms with Gasteiger partial charge in [-0.05, 0) is 42.9 Å². The van der Waals surface area contributed by atoms with E-state index in [2.05, 4.69) is 29.5 Å². The molecule has 2 rings (SSSR count). The molecule has 0 amide bonds. The van der Waals surface area contributed by atoms with Crippen molar-refractivity contribution in [3.05, 3.63) is 39.9 Å². The molecule has 0 aliphatic heterocycles. The lowest BCUT2D eigenvalue weighted by Gasteiger charge is -2.14. The molecule has 2 N–H and O–H groups in total. The summed E-state index contributed by atoms with van der Waals surface area (Å²) >= 11 is 1.41. The number of hydrogen-bond acceptors (Lipinski definition) is 5. The van der Waals surface area contributed by atoms with Crippen molar-refractivity contribution >= 4 is 11.5 Å². The number of ether oxygens (including phenoxy) is 1. The summed E-state index contributed by atoms with van der Waals surface area (Å²) in [5.74, 6) is 0.889. The van der Waals surface area contributed by atoms with E-state index in [1.165, 1.54) is 17.1 Å². The Labute approximate surface area is 124 Å². The van der Waals surface area contributed by atoms with Gasteiger partial charge in [0.1, 0.15) is 5.75 Å². The SMILES string of the molecule is CCCc1nnsc1C(N)Cc1cc(C)ccc1OC. The highest BCUT2D eigenvalue weighted by Gasteiger charge is 2.17. The second-order valence-electron chi connectivity index (χ2n) is 4.96. The molecule has 0 spiro atoms. The molecule has 1 heterocycles. The largest absolute Gasteiger partial charge is 0.496 e. The molecule has 0 aliphatic rings. The molecule has 0 bridgehead atoms. The third kappa shape index (κ3) is 3.35. The number of nitrogens with two attached hydrogens (primary N) is 1. The van der Waals surface area contributed by atoms with E-state index >= 15 is 0 Å². The minimum absolute atomic E-state index is 0.0766. The zero-order chi connectivity index (χ0) is 14.5. The van der Waals surface area contributed by atoms with Gasteiger partial charge < -0.3 is 10.5 Å². The first-order chi connectivity index (χ1) is 9.65. The highest BCUT2D eigenvalue weighted by Crippen LogP contribution is 2.27. The Hall–Kier alpha value is -1.46. The van der Waals surface area contributed by atoms with E-state index in [9.17, 15) is 0 Å². The van der Waals surface area contributed by atoms with Gasteiger partial charge in [0.2, 0.25) is 0 Å². The standard InChI is InChI=1S/C15H21N3OS/c1-4-5-13-15(20-18-17-13)12(16)9-11-8-10(2)6-7-14(11)19-3/h6-8,12H,4-5,9,16H2,1-3H3. The molecule has 0 saturated carbocycles. The zero-order valence-electron chi connectivity index (χ0n) is 12.2. The molecule has 108 valence electrons. The van der Waals surface area contributed by atoms with Crippen molar-refractivity contribution in [1.82, 2.24) is 9.59 Å². The summed E-state index contributed by atoms with van der Waals surface area (Å²) < 4.78 is 9.46. The van der Waals surface area contributed by atoms with Crippen LogP contribution in [0.4, 0.5) is 0 Å². The average Bonchev–Trinajstić information content (AvgIpc) is 2.88. The Morgan fingerprint density at radius 1 is 1.40 bits per heavy atom. The lowest BCUT2D eigenvalue weighted by molar-refractivity contribution is 0.408. The summed E-state index contributed by atoms with van der Waals surface area (Å²) in [6.07, 6.45) is 2.73. The molecule has 0 radical (unpaired) electrons. The van der Waals surface area contributed by atoms with E-state index in [1.807, 2.05) is 12.1 Å². The van der Waals surface area contributed by atoms with Crippen LogP contribution in [0.5, 0.6) is 5.75 Å². The van der Waals surface area contributed by atoms with E-state index in [-0.39, 0.29) is 6.04 Å². The van der Waals surface area contributed by atoms with E-state index in [1.54, 1.807) is 7.11 Å². The molecule has 1 aromatic heterocycles. The fourth-order valence-electron chi connectivity index (χ4n) is 2.30. The Morgan fingerprint density at radius 3 is 2.90 bits per heavy atom. The number of benzene rings is 1. The molecule has 0 fully saturated rings. The molecule has 20 heavy (non-hydrogen) atoms. The Balaban J connectivity index is 2.20. The van der Waals surface area contributed by atoms with Crippen LogP contribution in [-0.4, -0.2) is 16.7 Å². The van der Waals surface area contributed by atoms with Gasteiger partial charge in [-0.3, -0.25) is 0 Å². The number of aryl methyl sites for hydroxylation is 2. The summed E-state index contributed by atoms with van der Waals surface area (Å²) in [5, 5.41) is 4.19. The monoisotopic (exact) mass is 291 g/mol. The Morgan fingerprint density at radius 2 is 2.20 bits per heavy atom. The van der Waals surface area contributed by atoms with Gasteiger partial charge in [0.25, 0.3) is 0 Å². The maximum atomic E-state index is 6.35. The number of aromatic nitrogens is 2. The predicted molar refractivity (Wildman–Crippen MR) is 82.3 cm³/mol. The molecule has 0 aliphatic carbocycles. The molecule has 2 aromatic rings. The van der Waals surface area contributed by atoms with Crippen LogP contribution in [0.3, 0.4) is 0 Å². The van der Waals surface area contributed by atoms with Crippen LogP contribution in [0.1, 0.15) is 41.1 Å². The van der Waals surface area contributed by atoms with Crippen molar-refractivity contribution in [2.75, 3.05) is 7.11 Å². The molecular formula is C15H21N3OS. The molecule has 1 unspecified atom stereocenters. The molecule has 0 saturated heterocycles. The van der Waals surface area contributed by atoms with Gasteiger partial charge in [-0.25, -0.2) is 0 Å². The summed E-state index contributed by atoms with van der Waals surface area (Å²) in [5.41, 5.74) is 9.74. The minimum Gasteiger partial charge on any atom is -0.496 e. The van der Waals surface area contributed by atoms with Crippen molar-refractivity contribution in [3.8, 4) is 5.75 Å². The van der Waals surface area contributed by atoms with Gasteiger partial charge >= 0.3 is 0 Å². The Bertz CT molecular complexity index is 568. The molecular weight excluding hydrogens is 270 g/mol. The van der Waals surface area contributed by atoms with Gasteiger partial charge in [0, 0.05) is 6.04 Å². The van der Waals surface area contributed by atoms with E-state index < -0.39 is 0 Å². The van der Waals surface area contributed by atoms with Crippen LogP contribution < -0.4 is 10.5 Å². The van der Waals surface area contributed by atoms with Gasteiger partial charge in [0.15, 0.2) is 0 Å². The van der Waals surface area contributed by atoms with Crippen LogP contribution in [0.25, 0.3) is 0 Å². The highest BCUT2D eigenvalue weighted by molar-refractivity contribution is 7.05. The number of hydrogen-bond donors (Lipinski definition) is 1. The van der Waals surface area contributed by atoms with Crippen molar-refractivity contribution in [2.24, 2.45) is 5.73 Å². The van der Waals surface area contributed by atoms with Crippen LogP contribution in [0.2, 0.25) is 0 Å². The topological polar surface area (TPSA) is 61.0 Å². The predicted octanol–water partition coefficient (Wildman–Crippen LogP) is 3.05.